The fourth-order valence-corrected chi connectivity index (χ4v) is 4.06. The van der Waals surface area contributed by atoms with Crippen molar-refractivity contribution in [2.24, 2.45) is 7.05 Å². The van der Waals surface area contributed by atoms with Crippen molar-refractivity contribution in [1.82, 2.24) is 14.9 Å². The van der Waals surface area contributed by atoms with Crippen LogP contribution in [0.5, 0.6) is 5.75 Å². The number of hydrogen-bond acceptors (Lipinski definition) is 5. The molecule has 1 aliphatic heterocycles. The molecule has 1 aliphatic rings. The Morgan fingerprint density at radius 1 is 1.30 bits per heavy atom. The first kappa shape index (κ1) is 20.0. The summed E-state index contributed by atoms with van der Waals surface area (Å²) in [6.45, 7) is 5.61. The van der Waals surface area contributed by atoms with E-state index in [1.54, 1.807) is 0 Å². The highest BCUT2D eigenvalue weighted by Crippen LogP contribution is 2.38. The first-order valence-electron chi connectivity index (χ1n) is 10.1. The molecule has 5 N–H and O–H groups in total. The molecule has 0 aliphatic carbocycles. The highest BCUT2D eigenvalue weighted by Gasteiger charge is 2.25. The number of carboxylic acids is 1. The number of aromatic amines is 1. The molecular weight excluding hydrogens is 384 g/mol. The molecule has 3 aromatic rings. The summed E-state index contributed by atoms with van der Waals surface area (Å²) < 4.78 is 2.14. The van der Waals surface area contributed by atoms with E-state index < -0.39 is 22.8 Å². The van der Waals surface area contributed by atoms with Crippen LogP contribution in [0.1, 0.15) is 41.9 Å². The second kappa shape index (κ2) is 7.53. The Bertz CT molecular complexity index is 1210. The highest BCUT2D eigenvalue weighted by atomic mass is 16.4. The van der Waals surface area contributed by atoms with Gasteiger partial charge < -0.3 is 30.4 Å². The van der Waals surface area contributed by atoms with Crippen LogP contribution in [0.25, 0.3) is 22.2 Å². The van der Waals surface area contributed by atoms with E-state index in [1.807, 2.05) is 19.2 Å². The van der Waals surface area contributed by atoms with Gasteiger partial charge in [-0.3, -0.25) is 4.79 Å². The number of benzene rings is 1. The van der Waals surface area contributed by atoms with E-state index in [0.717, 1.165) is 34.4 Å². The smallest absolute Gasteiger partial charge is 0.345 e. The summed E-state index contributed by atoms with van der Waals surface area (Å²) in [7, 11) is 2.02. The molecule has 0 atom stereocenters. The van der Waals surface area contributed by atoms with Crippen molar-refractivity contribution in [2.45, 2.75) is 39.3 Å². The summed E-state index contributed by atoms with van der Waals surface area (Å²) >= 11 is 0. The minimum absolute atomic E-state index is 0.369. The molecule has 2 aromatic heterocycles. The Balaban J connectivity index is 1.93. The van der Waals surface area contributed by atoms with Crippen molar-refractivity contribution in [3.63, 3.8) is 0 Å². The lowest BCUT2D eigenvalue weighted by Crippen LogP contribution is -2.23. The van der Waals surface area contributed by atoms with Crippen LogP contribution in [0.3, 0.4) is 0 Å². The molecule has 0 saturated carbocycles. The molecule has 8 nitrogen and oxygen atoms in total. The minimum atomic E-state index is -1.43. The zero-order valence-corrected chi connectivity index (χ0v) is 17.3. The van der Waals surface area contributed by atoms with Crippen molar-refractivity contribution in [1.29, 1.82) is 0 Å². The fourth-order valence-electron chi connectivity index (χ4n) is 4.06. The van der Waals surface area contributed by atoms with E-state index in [9.17, 15) is 19.8 Å². The Hall–Kier alpha value is -3.26. The number of nitrogens with zero attached hydrogens (tertiary/aromatic N) is 1. The van der Waals surface area contributed by atoms with Gasteiger partial charge in [0, 0.05) is 54.1 Å². The van der Waals surface area contributed by atoms with Gasteiger partial charge in [-0.1, -0.05) is 13.8 Å². The van der Waals surface area contributed by atoms with Crippen LogP contribution in [-0.2, 0) is 20.0 Å². The van der Waals surface area contributed by atoms with Gasteiger partial charge in [-0.25, -0.2) is 4.79 Å². The number of fused-ring (bicyclic) bond motifs is 4. The third kappa shape index (κ3) is 3.33. The fraction of sp³-hybridized carbons (Fsp3) is 0.364. The maximum absolute atomic E-state index is 12.4. The number of carbonyl (C=O) groups is 1. The predicted molar refractivity (Wildman–Crippen MR) is 116 cm³/mol. The van der Waals surface area contributed by atoms with Crippen molar-refractivity contribution < 1.29 is 15.0 Å². The Kier molecular flexibility index (Phi) is 5.03. The molecule has 0 saturated heterocycles. The molecule has 158 valence electrons. The van der Waals surface area contributed by atoms with Crippen LogP contribution in [0.15, 0.2) is 23.0 Å². The van der Waals surface area contributed by atoms with Gasteiger partial charge in [0.25, 0.3) is 5.56 Å². The topological polar surface area (TPSA) is 119 Å². The molecule has 0 radical (unpaired) electrons. The molecule has 3 heterocycles. The molecule has 0 unspecified atom stereocenters. The Labute approximate surface area is 173 Å². The zero-order valence-electron chi connectivity index (χ0n) is 17.3. The second-order valence-electron chi connectivity index (χ2n) is 8.05. The van der Waals surface area contributed by atoms with Crippen LogP contribution in [0, 0.1) is 0 Å². The summed E-state index contributed by atoms with van der Waals surface area (Å²) in [6.07, 6.45) is 1.15. The largest absolute Gasteiger partial charge is 0.506 e. The number of anilines is 1. The molecule has 4 rings (SSSR count). The number of rotatable bonds is 4. The number of aromatic hydroxyl groups is 1. The summed E-state index contributed by atoms with van der Waals surface area (Å²) in [5.74, 6) is -1.87. The van der Waals surface area contributed by atoms with Gasteiger partial charge in [0.05, 0.1) is 11.2 Å². The predicted octanol–water partition coefficient (Wildman–Crippen LogP) is 2.79. The first-order chi connectivity index (χ1) is 14.3. The average Bonchev–Trinajstić information content (AvgIpc) is 2.97. The zero-order chi connectivity index (χ0) is 21.6. The van der Waals surface area contributed by atoms with Crippen molar-refractivity contribution in [3.8, 4) is 17.0 Å². The van der Waals surface area contributed by atoms with E-state index in [0.29, 0.717) is 36.7 Å². The van der Waals surface area contributed by atoms with Gasteiger partial charge >= 0.3 is 5.97 Å². The molecule has 8 heteroatoms. The van der Waals surface area contributed by atoms with E-state index in [4.69, 9.17) is 0 Å². The normalized spacial score (nSPS) is 13.5. The maximum atomic E-state index is 12.4. The maximum Gasteiger partial charge on any atom is 0.345 e. The van der Waals surface area contributed by atoms with E-state index >= 15 is 0 Å². The second-order valence-corrected chi connectivity index (χ2v) is 8.05. The number of aromatic carboxylic acids is 1. The highest BCUT2D eigenvalue weighted by molar-refractivity contribution is 5.96. The number of aromatic nitrogens is 2. The summed E-state index contributed by atoms with van der Waals surface area (Å²) in [6, 6.07) is 6.50. The number of carboxylic acid groups (broad SMARTS) is 1. The van der Waals surface area contributed by atoms with Crippen LogP contribution in [0.2, 0.25) is 0 Å². The quantitative estimate of drug-likeness (QED) is 0.451. The Morgan fingerprint density at radius 3 is 2.77 bits per heavy atom. The van der Waals surface area contributed by atoms with Crippen LogP contribution < -0.4 is 16.2 Å². The van der Waals surface area contributed by atoms with Crippen molar-refractivity contribution >= 4 is 22.6 Å². The van der Waals surface area contributed by atoms with E-state index in [1.165, 1.54) is 0 Å². The number of aryl methyl sites for hydroxylation is 1. The lowest BCUT2D eigenvalue weighted by atomic mass is 9.95. The summed E-state index contributed by atoms with van der Waals surface area (Å²) in [5, 5.41) is 27.8. The van der Waals surface area contributed by atoms with Gasteiger partial charge in [0.2, 0.25) is 0 Å². The summed E-state index contributed by atoms with van der Waals surface area (Å²) in [4.78, 5) is 26.6. The molecule has 0 spiro atoms. The van der Waals surface area contributed by atoms with E-state index in [2.05, 4.69) is 40.1 Å². The molecule has 0 bridgehead atoms. The number of hydrogen-bond donors (Lipinski definition) is 5. The van der Waals surface area contributed by atoms with Gasteiger partial charge in [-0.15, -0.1) is 0 Å². The number of pyridine rings is 1. The average molecular weight is 410 g/mol. The number of nitrogens with one attached hydrogen (secondary N) is 3. The lowest BCUT2D eigenvalue weighted by Gasteiger charge is -2.20. The van der Waals surface area contributed by atoms with Gasteiger partial charge in [0.1, 0.15) is 5.75 Å². The minimum Gasteiger partial charge on any atom is -0.506 e. The third-order valence-electron chi connectivity index (χ3n) is 5.66. The van der Waals surface area contributed by atoms with Crippen molar-refractivity contribution in [2.75, 3.05) is 11.9 Å². The number of H-pyrrole nitrogens is 1. The van der Waals surface area contributed by atoms with Gasteiger partial charge in [0.15, 0.2) is 5.56 Å². The first-order valence-corrected chi connectivity index (χ1v) is 10.1. The van der Waals surface area contributed by atoms with Crippen LogP contribution in [-0.4, -0.2) is 38.3 Å². The van der Waals surface area contributed by atoms with Crippen molar-refractivity contribution in [3.05, 3.63) is 45.4 Å². The monoisotopic (exact) mass is 410 g/mol. The molecule has 0 fully saturated rings. The summed E-state index contributed by atoms with van der Waals surface area (Å²) in [5.41, 5.74) is 3.30. The SMILES string of the molecule is CC(C)NCc1cc2cc3c(cc2n1C)NCCCc1c-3[nH]c(=O)c(C(=O)O)c1O. The van der Waals surface area contributed by atoms with Gasteiger partial charge in [-0.2, -0.15) is 0 Å². The third-order valence-corrected chi connectivity index (χ3v) is 5.66. The standard InChI is InChI=1S/C22H26N4O4/c1-11(2)24-10-13-7-12-8-15-16(9-17(12)26(13)3)23-6-4-5-14-19(15)25-21(28)18(20(14)27)22(29)30/h7-9,11,23-24H,4-6,10H2,1-3H3,(H,29,30)(H2,25,27,28). The molecular formula is C22H26N4O4. The molecule has 1 aromatic carbocycles. The van der Waals surface area contributed by atoms with Crippen LogP contribution in [0.4, 0.5) is 5.69 Å². The van der Waals surface area contributed by atoms with E-state index in [-0.39, 0.29) is 0 Å². The van der Waals surface area contributed by atoms with Crippen LogP contribution >= 0.6 is 0 Å². The molecule has 30 heavy (non-hydrogen) atoms. The molecule has 0 amide bonds. The van der Waals surface area contributed by atoms with Gasteiger partial charge in [-0.05, 0) is 31.0 Å². The Morgan fingerprint density at radius 2 is 2.07 bits per heavy atom. The lowest BCUT2D eigenvalue weighted by molar-refractivity contribution is 0.0691.